The van der Waals surface area contributed by atoms with E-state index < -0.39 is 23.5 Å². The van der Waals surface area contributed by atoms with Crippen molar-refractivity contribution in [3.05, 3.63) is 71.0 Å². The van der Waals surface area contributed by atoms with Crippen LogP contribution in [0.2, 0.25) is 0 Å². The van der Waals surface area contributed by atoms with Crippen molar-refractivity contribution in [1.82, 2.24) is 4.90 Å². The Balaban J connectivity index is 2.04. The molecule has 0 aliphatic carbocycles. The van der Waals surface area contributed by atoms with Gasteiger partial charge in [0.05, 0.1) is 24.8 Å². The topological polar surface area (TPSA) is 76.1 Å². The molecule has 1 aliphatic heterocycles. The summed E-state index contributed by atoms with van der Waals surface area (Å²) in [6.45, 7) is 5.16. The third-order valence-electron chi connectivity index (χ3n) is 5.33. The average Bonchev–Trinajstić information content (AvgIpc) is 3.02. The molecule has 6 nitrogen and oxygen atoms in total. The molecule has 0 aromatic heterocycles. The number of benzene rings is 2. The highest BCUT2D eigenvalue weighted by Gasteiger charge is 2.46. The maximum atomic E-state index is 13.4. The van der Waals surface area contributed by atoms with Crippen LogP contribution in [-0.4, -0.2) is 48.6 Å². The summed E-state index contributed by atoms with van der Waals surface area (Å²) in [6, 6.07) is 11.5. The number of carbonyl (C=O) groups is 2. The number of rotatable bonds is 9. The van der Waals surface area contributed by atoms with Crippen molar-refractivity contribution in [2.45, 2.75) is 26.3 Å². The fourth-order valence-electron chi connectivity index (χ4n) is 3.60. The van der Waals surface area contributed by atoms with E-state index in [1.807, 2.05) is 6.07 Å². The smallest absolute Gasteiger partial charge is 0.295 e. The maximum Gasteiger partial charge on any atom is 0.295 e. The van der Waals surface area contributed by atoms with E-state index in [2.05, 4.69) is 13.8 Å². The lowest BCUT2D eigenvalue weighted by atomic mass is 9.95. The lowest BCUT2D eigenvalue weighted by molar-refractivity contribution is -0.140. The number of ether oxygens (including phenoxy) is 2. The van der Waals surface area contributed by atoms with Crippen LogP contribution in [0.5, 0.6) is 5.75 Å². The van der Waals surface area contributed by atoms with Gasteiger partial charge in [-0.15, -0.1) is 0 Å². The normalized spacial score (nSPS) is 17.9. The van der Waals surface area contributed by atoms with Gasteiger partial charge in [0.2, 0.25) is 0 Å². The number of ketones is 1. The van der Waals surface area contributed by atoms with Gasteiger partial charge in [0.1, 0.15) is 17.3 Å². The zero-order chi connectivity index (χ0) is 23.3. The molecule has 0 radical (unpaired) electrons. The third-order valence-corrected chi connectivity index (χ3v) is 5.33. The van der Waals surface area contributed by atoms with Crippen LogP contribution in [0.4, 0.5) is 4.39 Å². The lowest BCUT2D eigenvalue weighted by Gasteiger charge is -2.25. The molecule has 1 atom stereocenters. The largest absolute Gasteiger partial charge is 0.507 e. The first-order valence-electron chi connectivity index (χ1n) is 10.6. The number of nitrogens with zero attached hydrogens (tertiary/aromatic N) is 1. The van der Waals surface area contributed by atoms with Crippen LogP contribution in [0.15, 0.2) is 54.1 Å². The quantitative estimate of drug-likeness (QED) is 0.356. The van der Waals surface area contributed by atoms with Crippen LogP contribution in [0.25, 0.3) is 5.76 Å². The predicted molar refractivity (Wildman–Crippen MR) is 119 cm³/mol. The molecule has 2 aromatic carbocycles. The van der Waals surface area contributed by atoms with Crippen molar-refractivity contribution >= 4 is 17.4 Å². The standard InChI is InChI=1S/C25H28FNO5/c1-16(2)11-13-32-20-6-4-5-18(15-20)22-21(23(28)17-7-9-19(26)10-8-17)24(29)25(30)27(22)12-14-31-3/h4-10,15-16,22,28H,11-14H2,1-3H3. The monoisotopic (exact) mass is 441 g/mol. The van der Waals surface area contributed by atoms with Gasteiger partial charge in [-0.2, -0.15) is 0 Å². The van der Waals surface area contributed by atoms with Crippen molar-refractivity contribution < 1.29 is 28.6 Å². The minimum Gasteiger partial charge on any atom is -0.507 e. The molecule has 3 rings (SSSR count). The van der Waals surface area contributed by atoms with E-state index in [0.29, 0.717) is 23.8 Å². The van der Waals surface area contributed by atoms with Crippen LogP contribution in [0.3, 0.4) is 0 Å². The Morgan fingerprint density at radius 2 is 1.84 bits per heavy atom. The summed E-state index contributed by atoms with van der Waals surface area (Å²) in [5.41, 5.74) is 0.841. The van der Waals surface area contributed by atoms with Crippen molar-refractivity contribution in [3.63, 3.8) is 0 Å². The molecule has 1 N–H and O–H groups in total. The number of aliphatic hydroxyl groups excluding tert-OH is 1. The van der Waals surface area contributed by atoms with Gasteiger partial charge < -0.3 is 19.5 Å². The first-order valence-corrected chi connectivity index (χ1v) is 10.6. The number of hydrogen-bond acceptors (Lipinski definition) is 5. The summed E-state index contributed by atoms with van der Waals surface area (Å²) < 4.78 is 24.3. The molecule has 1 heterocycles. The minimum absolute atomic E-state index is 0.0444. The Morgan fingerprint density at radius 1 is 1.12 bits per heavy atom. The second-order valence-corrected chi connectivity index (χ2v) is 8.10. The molecule has 1 unspecified atom stereocenters. The van der Waals surface area contributed by atoms with Gasteiger partial charge in [-0.05, 0) is 54.3 Å². The van der Waals surface area contributed by atoms with Gasteiger partial charge in [0, 0.05) is 19.2 Å². The highest BCUT2D eigenvalue weighted by molar-refractivity contribution is 6.46. The Labute approximate surface area is 187 Å². The first-order chi connectivity index (χ1) is 15.3. The molecular formula is C25H28FNO5. The highest BCUT2D eigenvalue weighted by atomic mass is 19.1. The fourth-order valence-corrected chi connectivity index (χ4v) is 3.60. The molecular weight excluding hydrogens is 413 g/mol. The van der Waals surface area contributed by atoms with Crippen LogP contribution in [-0.2, 0) is 14.3 Å². The number of amides is 1. The van der Waals surface area contributed by atoms with Crippen molar-refractivity contribution in [2.75, 3.05) is 26.9 Å². The number of likely N-dealkylation sites (tertiary alicyclic amines) is 1. The number of halogens is 1. The number of carbonyl (C=O) groups excluding carboxylic acids is 2. The Kier molecular flexibility index (Phi) is 7.64. The van der Waals surface area contributed by atoms with E-state index in [-0.39, 0.29) is 30.0 Å². The molecule has 1 aliphatic rings. The van der Waals surface area contributed by atoms with Gasteiger partial charge >= 0.3 is 0 Å². The van der Waals surface area contributed by atoms with E-state index in [1.54, 1.807) is 18.2 Å². The third kappa shape index (κ3) is 5.16. The first kappa shape index (κ1) is 23.5. The lowest BCUT2D eigenvalue weighted by Crippen LogP contribution is -2.32. The summed E-state index contributed by atoms with van der Waals surface area (Å²) >= 11 is 0. The van der Waals surface area contributed by atoms with Crippen LogP contribution < -0.4 is 4.74 Å². The molecule has 0 spiro atoms. The van der Waals surface area contributed by atoms with Crippen LogP contribution in [0, 0.1) is 11.7 Å². The van der Waals surface area contributed by atoms with Gasteiger partial charge in [-0.25, -0.2) is 4.39 Å². The fraction of sp³-hybridized carbons (Fsp3) is 0.360. The zero-order valence-electron chi connectivity index (χ0n) is 18.5. The van der Waals surface area contributed by atoms with Gasteiger partial charge in [0.15, 0.2) is 0 Å². The SMILES string of the molecule is COCCN1C(=O)C(=O)C(=C(O)c2ccc(F)cc2)C1c1cccc(OCCC(C)C)c1. The molecule has 1 amide bonds. The van der Waals surface area contributed by atoms with E-state index in [9.17, 15) is 19.1 Å². The zero-order valence-corrected chi connectivity index (χ0v) is 18.5. The highest BCUT2D eigenvalue weighted by Crippen LogP contribution is 2.40. The maximum absolute atomic E-state index is 13.4. The van der Waals surface area contributed by atoms with Gasteiger partial charge in [-0.3, -0.25) is 9.59 Å². The van der Waals surface area contributed by atoms with Gasteiger partial charge in [0.25, 0.3) is 11.7 Å². The summed E-state index contributed by atoms with van der Waals surface area (Å²) in [7, 11) is 1.51. The average molecular weight is 441 g/mol. The number of Topliss-reactive ketones (excluding diaryl/α,β-unsaturated/α-hetero) is 1. The second-order valence-electron chi connectivity index (χ2n) is 8.10. The molecule has 0 saturated carbocycles. The van der Waals surface area contributed by atoms with E-state index in [0.717, 1.165) is 6.42 Å². The van der Waals surface area contributed by atoms with Crippen LogP contribution in [0.1, 0.15) is 37.4 Å². The molecule has 1 fully saturated rings. The molecule has 0 bridgehead atoms. The summed E-state index contributed by atoms with van der Waals surface area (Å²) in [6.07, 6.45) is 0.890. The number of aliphatic hydroxyl groups is 1. The molecule has 2 aromatic rings. The number of methoxy groups -OCH3 is 1. The predicted octanol–water partition coefficient (Wildman–Crippen LogP) is 4.32. The minimum atomic E-state index is -0.816. The molecule has 32 heavy (non-hydrogen) atoms. The molecule has 1 saturated heterocycles. The second kappa shape index (κ2) is 10.4. The Bertz CT molecular complexity index is 1000. The van der Waals surface area contributed by atoms with Crippen molar-refractivity contribution in [2.24, 2.45) is 5.92 Å². The Morgan fingerprint density at radius 3 is 2.50 bits per heavy atom. The van der Waals surface area contributed by atoms with E-state index in [4.69, 9.17) is 9.47 Å². The summed E-state index contributed by atoms with van der Waals surface area (Å²) in [4.78, 5) is 27.1. The van der Waals surface area contributed by atoms with Crippen LogP contribution >= 0.6 is 0 Å². The Hall–Kier alpha value is -3.19. The summed E-state index contributed by atoms with van der Waals surface area (Å²) in [5, 5.41) is 10.9. The number of hydrogen-bond donors (Lipinski definition) is 1. The van der Waals surface area contributed by atoms with Crippen molar-refractivity contribution in [1.29, 1.82) is 0 Å². The van der Waals surface area contributed by atoms with E-state index in [1.165, 1.54) is 36.3 Å². The molecule has 7 heteroatoms. The van der Waals surface area contributed by atoms with Gasteiger partial charge in [-0.1, -0.05) is 26.0 Å². The van der Waals surface area contributed by atoms with E-state index >= 15 is 0 Å². The molecule has 170 valence electrons. The summed E-state index contributed by atoms with van der Waals surface area (Å²) in [5.74, 6) is -1.22. The van der Waals surface area contributed by atoms with Crippen molar-refractivity contribution in [3.8, 4) is 5.75 Å².